The largest absolute Gasteiger partial charge is 0.378 e. The van der Waals surface area contributed by atoms with Gasteiger partial charge < -0.3 is 25.8 Å². The summed E-state index contributed by atoms with van der Waals surface area (Å²) in [6.45, 7) is 4.44. The molecule has 1 fully saturated rings. The molecular formula is C20H26N8OS. The second kappa shape index (κ2) is 8.31. The molecule has 2 amide bonds. The number of nitrogens with one attached hydrogen (secondary N) is 1. The third-order valence-electron chi connectivity index (χ3n) is 5.28. The van der Waals surface area contributed by atoms with Crippen molar-refractivity contribution in [1.29, 1.82) is 0 Å². The Labute approximate surface area is 179 Å². The van der Waals surface area contributed by atoms with Crippen molar-refractivity contribution in [3.63, 3.8) is 0 Å². The minimum Gasteiger partial charge on any atom is -0.378 e. The van der Waals surface area contributed by atoms with E-state index < -0.39 is 0 Å². The predicted octanol–water partition coefficient (Wildman–Crippen LogP) is 2.15. The number of fused-ring (bicyclic) bond motifs is 1. The second-order valence-corrected chi connectivity index (χ2v) is 8.45. The molecule has 1 saturated heterocycles. The topological polar surface area (TPSA) is 104 Å². The van der Waals surface area contributed by atoms with Crippen LogP contribution in [0.1, 0.15) is 12.5 Å². The summed E-state index contributed by atoms with van der Waals surface area (Å²) in [6, 6.07) is 8.20. The van der Waals surface area contributed by atoms with Crippen LogP contribution in [0.4, 0.5) is 22.2 Å². The number of aromatic nitrogens is 3. The molecule has 1 aliphatic heterocycles. The maximum Gasteiger partial charge on any atom is 0.317 e. The zero-order valence-electron chi connectivity index (χ0n) is 17.4. The molecule has 30 heavy (non-hydrogen) atoms. The summed E-state index contributed by atoms with van der Waals surface area (Å²) in [5.74, 6) is 0.988. The number of nitrogen functional groups attached to an aromatic ring is 1. The van der Waals surface area contributed by atoms with E-state index in [1.807, 2.05) is 36.0 Å². The number of rotatable bonds is 4. The second-order valence-electron chi connectivity index (χ2n) is 7.62. The fourth-order valence-corrected chi connectivity index (χ4v) is 4.28. The van der Waals surface area contributed by atoms with Crippen molar-refractivity contribution in [2.75, 3.05) is 49.3 Å². The first-order valence-corrected chi connectivity index (χ1v) is 10.7. The summed E-state index contributed by atoms with van der Waals surface area (Å²) in [6.07, 6.45) is 0. The van der Waals surface area contributed by atoms with Gasteiger partial charge in [0.25, 0.3) is 0 Å². The van der Waals surface area contributed by atoms with Crippen LogP contribution in [0.15, 0.2) is 29.8 Å². The highest BCUT2D eigenvalue weighted by atomic mass is 32.1. The molecule has 4 rings (SSSR count). The van der Waals surface area contributed by atoms with E-state index in [2.05, 4.69) is 44.2 Å². The highest BCUT2D eigenvalue weighted by molar-refractivity contribution is 7.16. The SMILES string of the molecule is C[C@H]1CN(C(=O)NCc2ccc(N(C)C)cc2)CCN1c1nc(N)nc2scnc12. The predicted molar refractivity (Wildman–Crippen MR) is 121 cm³/mol. The average molecular weight is 427 g/mol. The number of anilines is 3. The maximum absolute atomic E-state index is 12.7. The molecule has 0 unspecified atom stereocenters. The van der Waals surface area contributed by atoms with Crippen molar-refractivity contribution in [1.82, 2.24) is 25.2 Å². The van der Waals surface area contributed by atoms with Crippen LogP contribution in [-0.4, -0.2) is 65.7 Å². The summed E-state index contributed by atoms with van der Waals surface area (Å²) in [5, 5.41) is 3.03. The van der Waals surface area contributed by atoms with E-state index in [1.54, 1.807) is 5.51 Å². The van der Waals surface area contributed by atoms with Gasteiger partial charge in [0.2, 0.25) is 5.95 Å². The lowest BCUT2D eigenvalue weighted by Gasteiger charge is -2.40. The van der Waals surface area contributed by atoms with Crippen molar-refractivity contribution in [2.45, 2.75) is 19.5 Å². The minimum absolute atomic E-state index is 0.0563. The van der Waals surface area contributed by atoms with Crippen molar-refractivity contribution >= 4 is 45.2 Å². The normalized spacial score (nSPS) is 16.7. The van der Waals surface area contributed by atoms with Crippen LogP contribution in [-0.2, 0) is 6.54 Å². The Balaban J connectivity index is 1.38. The third kappa shape index (κ3) is 4.09. The van der Waals surface area contributed by atoms with Crippen LogP contribution >= 0.6 is 11.3 Å². The van der Waals surface area contributed by atoms with Crippen LogP contribution in [0, 0.1) is 0 Å². The third-order valence-corrected chi connectivity index (χ3v) is 6.00. The number of nitrogens with zero attached hydrogens (tertiary/aromatic N) is 6. The number of urea groups is 1. The maximum atomic E-state index is 12.7. The summed E-state index contributed by atoms with van der Waals surface area (Å²) < 4.78 is 0. The van der Waals surface area contributed by atoms with Gasteiger partial charge >= 0.3 is 6.03 Å². The van der Waals surface area contributed by atoms with E-state index >= 15 is 0 Å². The van der Waals surface area contributed by atoms with Gasteiger partial charge in [-0.15, -0.1) is 11.3 Å². The Morgan fingerprint density at radius 2 is 2.03 bits per heavy atom. The Kier molecular flexibility index (Phi) is 5.58. The van der Waals surface area contributed by atoms with Crippen LogP contribution in [0.25, 0.3) is 10.3 Å². The molecule has 3 N–H and O–H groups in total. The van der Waals surface area contributed by atoms with Gasteiger partial charge in [0.1, 0.15) is 5.52 Å². The standard InChI is InChI=1S/C20H26N8OS/c1-13-11-27(20(29)22-10-14-4-6-15(7-5-14)26(2)3)8-9-28(13)17-16-18(30-12-23-16)25-19(21)24-17/h4-7,12-13H,8-11H2,1-3H3,(H,22,29)(H2,21,24,25)/t13-/m0/s1. The number of hydrogen-bond acceptors (Lipinski definition) is 8. The molecule has 0 radical (unpaired) electrons. The lowest BCUT2D eigenvalue weighted by Crippen LogP contribution is -2.56. The molecule has 3 aromatic rings. The quantitative estimate of drug-likeness (QED) is 0.659. The Morgan fingerprint density at radius 3 is 2.73 bits per heavy atom. The van der Waals surface area contributed by atoms with Gasteiger partial charge in [0.05, 0.1) is 5.51 Å². The monoisotopic (exact) mass is 426 g/mol. The van der Waals surface area contributed by atoms with E-state index in [0.717, 1.165) is 27.4 Å². The number of carbonyl (C=O) groups excluding carboxylic acids is 1. The van der Waals surface area contributed by atoms with Crippen LogP contribution < -0.4 is 20.9 Å². The number of carbonyl (C=O) groups is 1. The van der Waals surface area contributed by atoms with Crippen LogP contribution in [0.5, 0.6) is 0 Å². The van der Waals surface area contributed by atoms with Crippen molar-refractivity contribution in [2.24, 2.45) is 0 Å². The van der Waals surface area contributed by atoms with Crippen LogP contribution in [0.2, 0.25) is 0 Å². The molecule has 0 saturated carbocycles. The van der Waals surface area contributed by atoms with Gasteiger partial charge in [-0.25, -0.2) is 14.8 Å². The molecule has 1 atom stereocenters. The molecule has 0 bridgehead atoms. The molecule has 1 aliphatic rings. The van der Waals surface area contributed by atoms with E-state index in [1.165, 1.54) is 11.3 Å². The number of nitrogens with two attached hydrogens (primary N) is 1. The molecule has 3 heterocycles. The van der Waals surface area contributed by atoms with E-state index in [0.29, 0.717) is 26.2 Å². The summed E-state index contributed by atoms with van der Waals surface area (Å²) in [5.41, 5.74) is 10.6. The van der Waals surface area contributed by atoms with E-state index in [9.17, 15) is 4.79 Å². The fourth-order valence-electron chi connectivity index (χ4n) is 3.62. The highest BCUT2D eigenvalue weighted by Crippen LogP contribution is 2.28. The number of amides is 2. The Bertz CT molecular complexity index is 1030. The lowest BCUT2D eigenvalue weighted by molar-refractivity contribution is 0.186. The van der Waals surface area contributed by atoms with Gasteiger partial charge in [-0.2, -0.15) is 4.98 Å². The molecule has 9 nitrogen and oxygen atoms in total. The highest BCUT2D eigenvalue weighted by Gasteiger charge is 2.29. The molecule has 0 aliphatic carbocycles. The van der Waals surface area contributed by atoms with Crippen molar-refractivity contribution in [3.8, 4) is 0 Å². The number of thiazole rings is 1. The zero-order chi connectivity index (χ0) is 21.3. The van der Waals surface area contributed by atoms with E-state index in [-0.39, 0.29) is 18.0 Å². The molecule has 158 valence electrons. The van der Waals surface area contributed by atoms with Gasteiger partial charge in [-0.3, -0.25) is 0 Å². The van der Waals surface area contributed by atoms with Crippen LogP contribution in [0.3, 0.4) is 0 Å². The smallest absolute Gasteiger partial charge is 0.317 e. The molecule has 2 aromatic heterocycles. The van der Waals surface area contributed by atoms with Crippen molar-refractivity contribution in [3.05, 3.63) is 35.3 Å². The summed E-state index contributed by atoms with van der Waals surface area (Å²) >= 11 is 1.45. The Morgan fingerprint density at radius 1 is 1.27 bits per heavy atom. The zero-order valence-corrected chi connectivity index (χ0v) is 18.2. The van der Waals surface area contributed by atoms with Gasteiger partial charge in [0.15, 0.2) is 10.6 Å². The molecule has 1 aromatic carbocycles. The lowest BCUT2D eigenvalue weighted by atomic mass is 10.2. The number of hydrogen-bond donors (Lipinski definition) is 2. The van der Waals surface area contributed by atoms with Gasteiger partial charge in [-0.1, -0.05) is 12.1 Å². The Hall–Kier alpha value is -3.14. The molecular weight excluding hydrogens is 400 g/mol. The first-order chi connectivity index (χ1) is 14.4. The minimum atomic E-state index is -0.0563. The first kappa shape index (κ1) is 20.1. The average Bonchev–Trinajstić information content (AvgIpc) is 3.20. The summed E-state index contributed by atoms with van der Waals surface area (Å²) in [4.78, 5) is 32.6. The van der Waals surface area contributed by atoms with E-state index in [4.69, 9.17) is 5.73 Å². The van der Waals surface area contributed by atoms with Crippen molar-refractivity contribution < 1.29 is 4.79 Å². The van der Waals surface area contributed by atoms with Gasteiger partial charge in [-0.05, 0) is 24.6 Å². The number of piperazine rings is 1. The number of benzene rings is 1. The first-order valence-electron chi connectivity index (χ1n) is 9.85. The summed E-state index contributed by atoms with van der Waals surface area (Å²) in [7, 11) is 4.01. The van der Waals surface area contributed by atoms with Gasteiger partial charge in [0, 0.05) is 52.0 Å². The fraction of sp³-hybridized carbons (Fsp3) is 0.400. The molecule has 10 heteroatoms. The molecule has 0 spiro atoms.